The Morgan fingerprint density at radius 2 is 2.38 bits per heavy atom. The maximum absolute atomic E-state index is 5.92. The van der Waals surface area contributed by atoms with Gasteiger partial charge in [0.05, 0.1) is 0 Å². The minimum atomic E-state index is 0.242. The summed E-state index contributed by atoms with van der Waals surface area (Å²) in [7, 11) is 0. The van der Waals surface area contributed by atoms with Crippen LogP contribution in [0.25, 0.3) is 11.5 Å². The number of nitrogens with zero attached hydrogens (tertiary/aromatic N) is 2. The van der Waals surface area contributed by atoms with E-state index in [1.807, 2.05) is 18.3 Å². The molecule has 16 heavy (non-hydrogen) atoms. The summed E-state index contributed by atoms with van der Waals surface area (Å²) in [6.45, 7) is 0.950. The van der Waals surface area contributed by atoms with Crippen LogP contribution in [0.5, 0.6) is 0 Å². The molecule has 5 heteroatoms. The third-order valence-corrected chi connectivity index (χ3v) is 3.30. The molecule has 2 N–H and O–H groups in total. The van der Waals surface area contributed by atoms with Gasteiger partial charge in [-0.2, -0.15) is 0 Å². The summed E-state index contributed by atoms with van der Waals surface area (Å²) in [6, 6.07) is 4.03. The fraction of sp³-hybridized carbons (Fsp3) is 0.364. The molecule has 1 aliphatic heterocycles. The van der Waals surface area contributed by atoms with E-state index < -0.39 is 0 Å². The molecular weight excluding hydrogens is 270 g/mol. The van der Waals surface area contributed by atoms with Gasteiger partial charge in [-0.1, -0.05) is 0 Å². The first-order valence-corrected chi connectivity index (χ1v) is 6.09. The molecule has 1 aliphatic rings. The lowest BCUT2D eigenvalue weighted by molar-refractivity contribution is 0.463. The van der Waals surface area contributed by atoms with Crippen LogP contribution in [0.4, 0.5) is 0 Å². The predicted octanol–water partition coefficient (Wildman–Crippen LogP) is 2.18. The van der Waals surface area contributed by atoms with Crippen molar-refractivity contribution >= 4 is 15.9 Å². The number of aryl methyl sites for hydroxylation is 1. The lowest BCUT2D eigenvalue weighted by Gasteiger charge is -2.18. The van der Waals surface area contributed by atoms with E-state index >= 15 is 0 Å². The Kier molecular flexibility index (Phi) is 2.37. The van der Waals surface area contributed by atoms with Crippen LogP contribution in [-0.2, 0) is 13.0 Å². The van der Waals surface area contributed by atoms with E-state index in [4.69, 9.17) is 10.2 Å². The maximum Gasteiger partial charge on any atom is 0.169 e. The summed E-state index contributed by atoms with van der Waals surface area (Å²) in [4.78, 5) is 4.55. The SMILES string of the molecule is NC1CCn2cc(-c3ccc(Br)o3)nc2C1. The van der Waals surface area contributed by atoms with Crippen molar-refractivity contribution in [2.24, 2.45) is 5.73 Å². The van der Waals surface area contributed by atoms with Gasteiger partial charge in [0.1, 0.15) is 11.5 Å². The molecule has 4 nitrogen and oxygen atoms in total. The van der Waals surface area contributed by atoms with Crippen LogP contribution in [-0.4, -0.2) is 15.6 Å². The highest BCUT2D eigenvalue weighted by molar-refractivity contribution is 9.10. The van der Waals surface area contributed by atoms with Crippen LogP contribution in [0.1, 0.15) is 12.2 Å². The first-order valence-electron chi connectivity index (χ1n) is 5.30. The van der Waals surface area contributed by atoms with Crippen molar-refractivity contribution in [2.75, 3.05) is 0 Å². The van der Waals surface area contributed by atoms with Crippen LogP contribution in [0, 0.1) is 0 Å². The van der Waals surface area contributed by atoms with E-state index in [1.165, 1.54) is 0 Å². The minimum Gasteiger partial charge on any atom is -0.448 e. The largest absolute Gasteiger partial charge is 0.448 e. The molecule has 0 saturated carbocycles. The molecule has 0 saturated heterocycles. The van der Waals surface area contributed by atoms with Gasteiger partial charge in [0, 0.05) is 25.2 Å². The Hall–Kier alpha value is -1.07. The maximum atomic E-state index is 5.92. The molecule has 84 valence electrons. The van der Waals surface area contributed by atoms with E-state index in [-0.39, 0.29) is 6.04 Å². The van der Waals surface area contributed by atoms with Crippen LogP contribution in [0.3, 0.4) is 0 Å². The lowest BCUT2D eigenvalue weighted by atomic mass is 10.1. The summed E-state index contributed by atoms with van der Waals surface area (Å²) in [6.07, 6.45) is 3.90. The van der Waals surface area contributed by atoms with Gasteiger partial charge >= 0.3 is 0 Å². The second kappa shape index (κ2) is 3.75. The second-order valence-corrected chi connectivity index (χ2v) is 4.87. The number of nitrogens with two attached hydrogens (primary N) is 1. The zero-order valence-corrected chi connectivity index (χ0v) is 10.3. The Bertz CT molecular complexity index is 517. The van der Waals surface area contributed by atoms with Gasteiger partial charge in [0.25, 0.3) is 0 Å². The molecule has 0 spiro atoms. The third-order valence-electron chi connectivity index (χ3n) is 2.87. The van der Waals surface area contributed by atoms with Crippen LogP contribution in [0.2, 0.25) is 0 Å². The zero-order chi connectivity index (χ0) is 11.1. The number of rotatable bonds is 1. The molecule has 3 rings (SSSR count). The highest BCUT2D eigenvalue weighted by atomic mass is 79.9. The Labute approximate surface area is 102 Å². The quantitative estimate of drug-likeness (QED) is 0.872. The van der Waals surface area contributed by atoms with Gasteiger partial charge in [-0.15, -0.1) is 0 Å². The predicted molar refractivity (Wildman–Crippen MR) is 63.9 cm³/mol. The van der Waals surface area contributed by atoms with Gasteiger partial charge in [-0.25, -0.2) is 4.98 Å². The topological polar surface area (TPSA) is 57.0 Å². The first-order chi connectivity index (χ1) is 7.72. The van der Waals surface area contributed by atoms with Gasteiger partial charge in [-0.05, 0) is 34.5 Å². The van der Waals surface area contributed by atoms with E-state index in [0.29, 0.717) is 0 Å². The second-order valence-electron chi connectivity index (χ2n) is 4.09. The highest BCUT2D eigenvalue weighted by Crippen LogP contribution is 2.26. The van der Waals surface area contributed by atoms with Crippen molar-refractivity contribution in [2.45, 2.75) is 25.4 Å². The van der Waals surface area contributed by atoms with E-state index in [0.717, 1.165) is 41.3 Å². The van der Waals surface area contributed by atoms with Crippen LogP contribution in [0.15, 0.2) is 27.4 Å². The van der Waals surface area contributed by atoms with Crippen molar-refractivity contribution in [1.29, 1.82) is 0 Å². The standard InChI is InChI=1S/C11H12BrN3O/c12-10-2-1-9(16-10)8-6-15-4-3-7(13)5-11(15)14-8/h1-2,6-7H,3-5,13H2. The highest BCUT2D eigenvalue weighted by Gasteiger charge is 2.19. The van der Waals surface area contributed by atoms with Crippen molar-refractivity contribution < 1.29 is 4.42 Å². The fourth-order valence-corrected chi connectivity index (χ4v) is 2.33. The fourth-order valence-electron chi connectivity index (χ4n) is 2.02. The van der Waals surface area contributed by atoms with E-state index in [2.05, 4.69) is 25.5 Å². The van der Waals surface area contributed by atoms with Gasteiger partial charge in [0.2, 0.25) is 0 Å². The molecular formula is C11H12BrN3O. The third kappa shape index (κ3) is 1.70. The van der Waals surface area contributed by atoms with Gasteiger partial charge < -0.3 is 14.7 Å². The summed E-state index contributed by atoms with van der Waals surface area (Å²) in [5.74, 6) is 1.85. The Balaban J connectivity index is 1.98. The molecule has 1 atom stereocenters. The number of halogens is 1. The van der Waals surface area contributed by atoms with Gasteiger partial charge in [-0.3, -0.25) is 0 Å². The van der Waals surface area contributed by atoms with Crippen molar-refractivity contribution in [1.82, 2.24) is 9.55 Å². The summed E-state index contributed by atoms with van der Waals surface area (Å²) in [5.41, 5.74) is 6.80. The Morgan fingerprint density at radius 1 is 1.50 bits per heavy atom. The molecule has 0 aromatic carbocycles. The molecule has 0 aliphatic carbocycles. The van der Waals surface area contributed by atoms with Crippen molar-refractivity contribution in [3.63, 3.8) is 0 Å². The molecule has 3 heterocycles. The van der Waals surface area contributed by atoms with E-state index in [1.54, 1.807) is 0 Å². The number of fused-ring (bicyclic) bond motifs is 1. The average molecular weight is 282 g/mol. The number of imidazole rings is 1. The van der Waals surface area contributed by atoms with Crippen LogP contribution >= 0.6 is 15.9 Å². The number of hydrogen-bond acceptors (Lipinski definition) is 3. The van der Waals surface area contributed by atoms with Crippen LogP contribution < -0.4 is 5.73 Å². The number of aromatic nitrogens is 2. The monoisotopic (exact) mass is 281 g/mol. The lowest BCUT2D eigenvalue weighted by Crippen LogP contribution is -2.30. The zero-order valence-electron chi connectivity index (χ0n) is 8.69. The Morgan fingerprint density at radius 3 is 3.12 bits per heavy atom. The first kappa shape index (κ1) is 10.1. The molecule has 0 bridgehead atoms. The molecule has 0 radical (unpaired) electrons. The molecule has 0 amide bonds. The average Bonchev–Trinajstić information content (AvgIpc) is 2.83. The molecule has 2 aromatic rings. The summed E-state index contributed by atoms with van der Waals surface area (Å²) < 4.78 is 8.37. The van der Waals surface area contributed by atoms with E-state index in [9.17, 15) is 0 Å². The van der Waals surface area contributed by atoms with Crippen molar-refractivity contribution in [3.05, 3.63) is 28.8 Å². The summed E-state index contributed by atoms with van der Waals surface area (Å²) >= 11 is 3.29. The normalized spacial score (nSPS) is 19.8. The smallest absolute Gasteiger partial charge is 0.169 e. The molecule has 0 fully saturated rings. The van der Waals surface area contributed by atoms with Crippen molar-refractivity contribution in [3.8, 4) is 11.5 Å². The summed E-state index contributed by atoms with van der Waals surface area (Å²) in [5, 5.41) is 0. The van der Waals surface area contributed by atoms with Gasteiger partial charge in [0.15, 0.2) is 10.4 Å². The molecule has 1 unspecified atom stereocenters. The molecule has 2 aromatic heterocycles. The minimum absolute atomic E-state index is 0.242. The number of hydrogen-bond donors (Lipinski definition) is 1. The number of furan rings is 1.